The highest BCUT2D eigenvalue weighted by Gasteiger charge is 2.47. The maximum Gasteiger partial charge on any atom is 0.306 e. The number of aliphatic hydroxyl groups excluding tert-OH is 5. The molecule has 8 atom stereocenters. The normalized spacial score (nSPS) is 20.1. The third kappa shape index (κ3) is 39.1. The monoisotopic (exact) mass is 1050 g/mol. The van der Waals surface area contributed by atoms with Crippen molar-refractivity contribution < 1.29 is 49.3 Å². The highest BCUT2D eigenvalue weighted by Crippen LogP contribution is 2.26. The van der Waals surface area contributed by atoms with Gasteiger partial charge in [0.25, 0.3) is 0 Å². The Morgan fingerprint density at radius 2 is 1.01 bits per heavy atom. The molecule has 0 aliphatic carbocycles. The van der Waals surface area contributed by atoms with Crippen LogP contribution < -0.4 is 5.32 Å². The fraction of sp³-hybridized carbons (Fsp3) is 0.656. The van der Waals surface area contributed by atoms with Gasteiger partial charge in [-0.05, 0) is 89.9 Å². The van der Waals surface area contributed by atoms with E-state index in [2.05, 4.69) is 80.8 Å². The number of aliphatic hydroxyl groups is 5. The SMILES string of the molecule is CC/C=C/C=C/C=C\C=C/C=C/CCCCC(O)C(=O)NC(COC1OC(CO)C(O)C(O)C1OC(=O)CCCCC/C=C\C/C=C\C/C=C\C/C=C\CCCCC)C(O)/C=C/CCCCCCCCCCCCC. The number of amides is 1. The van der Waals surface area contributed by atoms with Crippen LogP contribution in [0.4, 0.5) is 0 Å². The molecule has 1 aliphatic heterocycles. The number of esters is 1. The summed E-state index contributed by atoms with van der Waals surface area (Å²) in [4.78, 5) is 26.5. The Morgan fingerprint density at radius 1 is 0.547 bits per heavy atom. The summed E-state index contributed by atoms with van der Waals surface area (Å²) in [5.74, 6) is -1.28. The van der Waals surface area contributed by atoms with Gasteiger partial charge in [0, 0.05) is 6.42 Å². The quantitative estimate of drug-likeness (QED) is 0.0149. The van der Waals surface area contributed by atoms with Gasteiger partial charge in [-0.25, -0.2) is 0 Å². The van der Waals surface area contributed by atoms with Crippen molar-refractivity contribution in [3.05, 3.63) is 122 Å². The van der Waals surface area contributed by atoms with Crippen LogP contribution in [0.25, 0.3) is 0 Å². The van der Waals surface area contributed by atoms with Crippen molar-refractivity contribution in [2.75, 3.05) is 13.2 Å². The number of allylic oxidation sites excluding steroid dienone is 19. The standard InChI is InChI=1S/C64H105NO10/c1-4-7-10-13-16-19-22-25-27-28-29-30-31-34-37-40-43-46-49-52-59(69)75-62-61(71)60(70)58(53-66)74-64(62)73-54-55(56(67)50-47-44-41-38-35-32-24-21-18-15-12-9-6-3)65-63(72)57(68)51-48-45-42-39-36-33-26-23-20-17-14-11-8-5-2/h8,11,14,16-17,19-20,23,25-27,29-30,33-34,36-37,39,47,50,55-58,60-62,64,66-68,70-71H,4-7,9-10,12-13,15,18,21-22,24,28,31-32,35,38,40-46,48-49,51-54H2,1-3H3,(H,65,72)/b11-8+,17-14+,19-16-,23-20-,27-25-,30-29-,33-26-,37-34-,39-36+,50-47+. The molecule has 75 heavy (non-hydrogen) atoms. The van der Waals surface area contributed by atoms with E-state index in [4.69, 9.17) is 14.2 Å². The predicted molar refractivity (Wildman–Crippen MR) is 310 cm³/mol. The van der Waals surface area contributed by atoms with Gasteiger partial charge in [-0.1, -0.05) is 232 Å². The first-order valence-electron chi connectivity index (χ1n) is 29.4. The Kier molecular flexibility index (Phi) is 46.8. The molecule has 11 nitrogen and oxygen atoms in total. The first kappa shape index (κ1) is 69.1. The molecule has 1 saturated heterocycles. The lowest BCUT2D eigenvalue weighted by Crippen LogP contribution is -2.61. The Morgan fingerprint density at radius 3 is 1.59 bits per heavy atom. The minimum absolute atomic E-state index is 0.0733. The van der Waals surface area contributed by atoms with Crippen LogP contribution in [0.15, 0.2) is 122 Å². The molecular weight excluding hydrogens is 943 g/mol. The van der Waals surface area contributed by atoms with Crippen LogP contribution >= 0.6 is 0 Å². The Balaban J connectivity index is 2.78. The molecule has 426 valence electrons. The van der Waals surface area contributed by atoms with Crippen molar-refractivity contribution in [2.45, 2.75) is 256 Å². The number of hydrogen-bond acceptors (Lipinski definition) is 10. The summed E-state index contributed by atoms with van der Waals surface area (Å²) in [6.07, 6.45) is 59.5. The van der Waals surface area contributed by atoms with Crippen LogP contribution in [0.1, 0.15) is 207 Å². The average molecular weight is 1050 g/mol. The zero-order chi connectivity index (χ0) is 54.7. The third-order valence-electron chi connectivity index (χ3n) is 13.0. The summed E-state index contributed by atoms with van der Waals surface area (Å²) in [7, 11) is 0. The second-order valence-corrected chi connectivity index (χ2v) is 19.8. The van der Waals surface area contributed by atoms with E-state index in [1.165, 1.54) is 70.6 Å². The Hall–Kier alpha value is -3.94. The van der Waals surface area contributed by atoms with Gasteiger partial charge in [-0.3, -0.25) is 9.59 Å². The molecule has 0 aromatic rings. The lowest BCUT2D eigenvalue weighted by molar-refractivity contribution is -0.305. The molecule has 6 N–H and O–H groups in total. The molecule has 1 aliphatic rings. The number of carbonyl (C=O) groups excluding carboxylic acids is 2. The Bertz CT molecular complexity index is 1680. The van der Waals surface area contributed by atoms with Crippen molar-refractivity contribution in [1.29, 1.82) is 0 Å². The maximum atomic E-state index is 13.4. The van der Waals surface area contributed by atoms with Gasteiger partial charge in [0.2, 0.25) is 5.91 Å². The number of unbranched alkanes of at least 4 members (excludes halogenated alkanes) is 19. The molecule has 1 fully saturated rings. The largest absolute Gasteiger partial charge is 0.454 e. The number of hydrogen-bond donors (Lipinski definition) is 6. The summed E-state index contributed by atoms with van der Waals surface area (Å²) in [5, 5.41) is 56.8. The summed E-state index contributed by atoms with van der Waals surface area (Å²) in [6, 6.07) is -1.06. The number of carbonyl (C=O) groups is 2. The molecule has 1 heterocycles. The minimum Gasteiger partial charge on any atom is -0.454 e. The number of ether oxygens (including phenoxy) is 3. The second-order valence-electron chi connectivity index (χ2n) is 19.8. The zero-order valence-electron chi connectivity index (χ0n) is 46.9. The molecule has 0 aromatic carbocycles. The fourth-order valence-electron chi connectivity index (χ4n) is 8.30. The molecule has 0 radical (unpaired) electrons. The lowest BCUT2D eigenvalue weighted by atomic mass is 9.99. The minimum atomic E-state index is -1.64. The van der Waals surface area contributed by atoms with Crippen LogP contribution in [-0.2, 0) is 23.8 Å². The lowest BCUT2D eigenvalue weighted by Gasteiger charge is -2.41. The summed E-state index contributed by atoms with van der Waals surface area (Å²) < 4.78 is 17.5. The number of rotatable bonds is 47. The topological polar surface area (TPSA) is 175 Å². The van der Waals surface area contributed by atoms with Crippen LogP contribution in [0.2, 0.25) is 0 Å². The van der Waals surface area contributed by atoms with E-state index in [9.17, 15) is 35.1 Å². The van der Waals surface area contributed by atoms with E-state index < -0.39 is 67.4 Å². The molecule has 0 bridgehead atoms. The fourth-order valence-corrected chi connectivity index (χ4v) is 8.30. The molecule has 1 rings (SSSR count). The van der Waals surface area contributed by atoms with Crippen LogP contribution in [0.5, 0.6) is 0 Å². The first-order chi connectivity index (χ1) is 36.7. The van der Waals surface area contributed by atoms with Crippen molar-refractivity contribution in [3.63, 3.8) is 0 Å². The van der Waals surface area contributed by atoms with E-state index in [-0.39, 0.29) is 19.4 Å². The zero-order valence-corrected chi connectivity index (χ0v) is 46.9. The highest BCUT2D eigenvalue weighted by molar-refractivity contribution is 5.80. The van der Waals surface area contributed by atoms with E-state index in [1.807, 2.05) is 60.8 Å². The summed E-state index contributed by atoms with van der Waals surface area (Å²) in [5.41, 5.74) is 0. The summed E-state index contributed by atoms with van der Waals surface area (Å²) >= 11 is 0. The van der Waals surface area contributed by atoms with E-state index in [1.54, 1.807) is 6.08 Å². The van der Waals surface area contributed by atoms with Gasteiger partial charge in [0.05, 0.1) is 25.4 Å². The second kappa shape index (κ2) is 50.9. The average Bonchev–Trinajstić information content (AvgIpc) is 3.41. The predicted octanol–water partition coefficient (Wildman–Crippen LogP) is 13.5. The third-order valence-corrected chi connectivity index (χ3v) is 13.0. The van der Waals surface area contributed by atoms with E-state index in [0.29, 0.717) is 12.8 Å². The van der Waals surface area contributed by atoms with Crippen LogP contribution in [-0.4, -0.2) is 99.6 Å². The van der Waals surface area contributed by atoms with E-state index in [0.717, 1.165) is 89.9 Å². The van der Waals surface area contributed by atoms with Crippen molar-refractivity contribution in [2.24, 2.45) is 0 Å². The van der Waals surface area contributed by atoms with Crippen LogP contribution in [0.3, 0.4) is 0 Å². The molecule has 1 amide bonds. The molecular formula is C64H105NO10. The number of nitrogens with one attached hydrogen (secondary N) is 1. The molecule has 0 spiro atoms. The van der Waals surface area contributed by atoms with Gasteiger partial charge in [-0.2, -0.15) is 0 Å². The Labute approximate surface area is 455 Å². The molecule has 11 heteroatoms. The maximum absolute atomic E-state index is 13.4. The molecule has 0 aromatic heterocycles. The van der Waals surface area contributed by atoms with Crippen molar-refractivity contribution in [3.8, 4) is 0 Å². The van der Waals surface area contributed by atoms with Gasteiger partial charge in [0.1, 0.15) is 24.4 Å². The van der Waals surface area contributed by atoms with Crippen LogP contribution in [0, 0.1) is 0 Å². The van der Waals surface area contributed by atoms with Gasteiger partial charge < -0.3 is 45.1 Å². The highest BCUT2D eigenvalue weighted by atomic mass is 16.7. The van der Waals surface area contributed by atoms with Crippen molar-refractivity contribution >= 4 is 11.9 Å². The molecule has 0 saturated carbocycles. The molecule has 8 unspecified atom stereocenters. The smallest absolute Gasteiger partial charge is 0.306 e. The van der Waals surface area contributed by atoms with Gasteiger partial charge in [0.15, 0.2) is 12.4 Å². The van der Waals surface area contributed by atoms with E-state index >= 15 is 0 Å². The first-order valence-corrected chi connectivity index (χ1v) is 29.4. The van der Waals surface area contributed by atoms with Crippen molar-refractivity contribution in [1.82, 2.24) is 5.32 Å². The van der Waals surface area contributed by atoms with Gasteiger partial charge in [-0.15, -0.1) is 0 Å². The summed E-state index contributed by atoms with van der Waals surface area (Å²) in [6.45, 7) is 5.55. The van der Waals surface area contributed by atoms with Gasteiger partial charge >= 0.3 is 5.97 Å².